The minimum Gasteiger partial charge on any atom is -0.351 e. The highest BCUT2D eigenvalue weighted by molar-refractivity contribution is 5.89. The fraction of sp³-hybridized carbons (Fsp3) is 0.909. The van der Waals surface area contributed by atoms with Gasteiger partial charge in [0, 0.05) is 6.04 Å². The van der Waals surface area contributed by atoms with Crippen LogP contribution in [0.1, 0.15) is 40.5 Å². The van der Waals surface area contributed by atoms with E-state index >= 15 is 0 Å². The van der Waals surface area contributed by atoms with Gasteiger partial charge in [0.15, 0.2) is 0 Å². The first-order chi connectivity index (χ1) is 6.22. The maximum absolute atomic E-state index is 11.7. The summed E-state index contributed by atoms with van der Waals surface area (Å²) >= 11 is 0. The molecule has 2 fully saturated rings. The number of hydrogen-bond acceptors (Lipinski definition) is 2. The molecule has 3 N–H and O–H groups in total. The van der Waals surface area contributed by atoms with E-state index in [2.05, 4.69) is 33.0 Å². The molecule has 0 bridgehead atoms. The molecule has 80 valence electrons. The molecule has 2 aliphatic carbocycles. The smallest absolute Gasteiger partial charge is 0.240 e. The van der Waals surface area contributed by atoms with Crippen molar-refractivity contribution in [2.45, 2.75) is 52.1 Å². The standard InChI is InChI=1S/C11H20N2O/c1-9(2)7(10(9,3)4)13-8(14)11(12)5-6-11/h7H,5-6,12H2,1-4H3,(H,13,14). The number of carbonyl (C=O) groups excluding carboxylic acids is 1. The fourth-order valence-corrected chi connectivity index (χ4v) is 2.19. The molecule has 0 saturated heterocycles. The van der Waals surface area contributed by atoms with Crippen LogP contribution in [0, 0.1) is 10.8 Å². The van der Waals surface area contributed by atoms with Gasteiger partial charge in [-0.3, -0.25) is 4.79 Å². The Labute approximate surface area is 85.4 Å². The van der Waals surface area contributed by atoms with Gasteiger partial charge in [0.05, 0.1) is 5.54 Å². The van der Waals surface area contributed by atoms with Crippen LogP contribution in [0.2, 0.25) is 0 Å². The van der Waals surface area contributed by atoms with Crippen molar-refractivity contribution in [2.24, 2.45) is 16.6 Å². The topological polar surface area (TPSA) is 55.1 Å². The van der Waals surface area contributed by atoms with Gasteiger partial charge in [0.2, 0.25) is 5.91 Å². The summed E-state index contributed by atoms with van der Waals surface area (Å²) in [4.78, 5) is 11.7. The third-order valence-corrected chi connectivity index (χ3v) is 4.54. The second-order valence-electron chi connectivity index (χ2n) is 6.01. The fourth-order valence-electron chi connectivity index (χ4n) is 2.19. The lowest BCUT2D eigenvalue weighted by atomic mass is 10.0. The van der Waals surface area contributed by atoms with E-state index in [1.54, 1.807) is 0 Å². The molecule has 3 heteroatoms. The van der Waals surface area contributed by atoms with Crippen LogP contribution in [-0.4, -0.2) is 17.5 Å². The van der Waals surface area contributed by atoms with E-state index in [4.69, 9.17) is 5.73 Å². The van der Waals surface area contributed by atoms with Gasteiger partial charge in [-0.25, -0.2) is 0 Å². The largest absolute Gasteiger partial charge is 0.351 e. The van der Waals surface area contributed by atoms with Crippen LogP contribution >= 0.6 is 0 Å². The Morgan fingerprint density at radius 2 is 1.64 bits per heavy atom. The average molecular weight is 196 g/mol. The Morgan fingerprint density at radius 3 is 1.93 bits per heavy atom. The molecule has 2 aliphatic rings. The maximum atomic E-state index is 11.7. The Balaban J connectivity index is 1.98. The predicted octanol–water partition coefficient (Wildman–Crippen LogP) is 1.03. The zero-order valence-corrected chi connectivity index (χ0v) is 9.48. The minimum absolute atomic E-state index is 0.0427. The molecule has 0 aromatic heterocycles. The zero-order valence-electron chi connectivity index (χ0n) is 9.48. The van der Waals surface area contributed by atoms with E-state index in [9.17, 15) is 4.79 Å². The van der Waals surface area contributed by atoms with Crippen LogP contribution in [0.15, 0.2) is 0 Å². The van der Waals surface area contributed by atoms with Crippen LogP contribution in [0.5, 0.6) is 0 Å². The van der Waals surface area contributed by atoms with Gasteiger partial charge < -0.3 is 11.1 Å². The van der Waals surface area contributed by atoms with Crippen molar-refractivity contribution >= 4 is 5.91 Å². The van der Waals surface area contributed by atoms with Crippen molar-refractivity contribution < 1.29 is 4.79 Å². The maximum Gasteiger partial charge on any atom is 0.240 e. The average Bonchev–Trinajstić information content (AvgIpc) is 2.86. The molecule has 2 saturated carbocycles. The molecule has 3 nitrogen and oxygen atoms in total. The monoisotopic (exact) mass is 196 g/mol. The summed E-state index contributed by atoms with van der Waals surface area (Å²) in [6.45, 7) is 8.75. The molecule has 0 aromatic rings. The molecule has 2 rings (SSSR count). The summed E-state index contributed by atoms with van der Waals surface area (Å²) in [7, 11) is 0. The Bertz CT molecular complexity index is 276. The predicted molar refractivity (Wildman–Crippen MR) is 55.6 cm³/mol. The molecule has 1 amide bonds. The molecule has 0 unspecified atom stereocenters. The summed E-state index contributed by atoms with van der Waals surface area (Å²) in [5.41, 5.74) is 5.70. The van der Waals surface area contributed by atoms with Crippen LogP contribution in [0.4, 0.5) is 0 Å². The number of carbonyl (C=O) groups is 1. The van der Waals surface area contributed by atoms with E-state index < -0.39 is 5.54 Å². The second kappa shape index (κ2) is 2.32. The van der Waals surface area contributed by atoms with Crippen molar-refractivity contribution in [3.63, 3.8) is 0 Å². The van der Waals surface area contributed by atoms with Crippen LogP contribution in [0.3, 0.4) is 0 Å². The first kappa shape index (κ1) is 9.97. The van der Waals surface area contributed by atoms with Crippen molar-refractivity contribution in [3.05, 3.63) is 0 Å². The number of rotatable bonds is 2. The van der Waals surface area contributed by atoms with Crippen molar-refractivity contribution in [1.29, 1.82) is 0 Å². The van der Waals surface area contributed by atoms with Crippen molar-refractivity contribution in [2.75, 3.05) is 0 Å². The normalized spacial score (nSPS) is 30.9. The van der Waals surface area contributed by atoms with Gasteiger partial charge in [-0.2, -0.15) is 0 Å². The van der Waals surface area contributed by atoms with Gasteiger partial charge in [-0.15, -0.1) is 0 Å². The van der Waals surface area contributed by atoms with Gasteiger partial charge >= 0.3 is 0 Å². The Kier molecular flexibility index (Phi) is 1.65. The van der Waals surface area contributed by atoms with Gasteiger partial charge in [-0.05, 0) is 23.7 Å². The lowest BCUT2D eigenvalue weighted by molar-refractivity contribution is -0.123. The van der Waals surface area contributed by atoms with Gasteiger partial charge in [-0.1, -0.05) is 27.7 Å². The molecule has 14 heavy (non-hydrogen) atoms. The highest BCUT2D eigenvalue weighted by atomic mass is 16.2. The molecular formula is C11H20N2O. The molecule has 0 spiro atoms. The summed E-state index contributed by atoms with van der Waals surface area (Å²) in [6, 6.07) is 0.281. The number of nitrogens with one attached hydrogen (secondary N) is 1. The highest BCUT2D eigenvalue weighted by Gasteiger charge is 2.66. The first-order valence-electron chi connectivity index (χ1n) is 5.32. The Hall–Kier alpha value is -0.570. The summed E-state index contributed by atoms with van der Waals surface area (Å²) in [5, 5.41) is 3.07. The van der Waals surface area contributed by atoms with Gasteiger partial charge in [0.1, 0.15) is 0 Å². The molecule has 0 atom stereocenters. The minimum atomic E-state index is -0.533. The van der Waals surface area contributed by atoms with Crippen LogP contribution in [-0.2, 0) is 4.79 Å². The third-order valence-electron chi connectivity index (χ3n) is 4.54. The summed E-state index contributed by atoms with van der Waals surface area (Å²) < 4.78 is 0. The van der Waals surface area contributed by atoms with E-state index in [0.717, 1.165) is 12.8 Å². The SMILES string of the molecule is CC1(C)C(NC(=O)C2(N)CC2)C1(C)C. The molecule has 0 radical (unpaired) electrons. The van der Waals surface area contributed by atoms with Crippen LogP contribution < -0.4 is 11.1 Å². The number of amides is 1. The van der Waals surface area contributed by atoms with Crippen molar-refractivity contribution in [1.82, 2.24) is 5.32 Å². The van der Waals surface area contributed by atoms with Gasteiger partial charge in [0.25, 0.3) is 0 Å². The van der Waals surface area contributed by atoms with E-state index in [-0.39, 0.29) is 22.8 Å². The van der Waals surface area contributed by atoms with E-state index in [0.29, 0.717) is 0 Å². The number of hydrogen-bond donors (Lipinski definition) is 2. The lowest BCUT2D eigenvalue weighted by Crippen LogP contribution is -2.45. The molecule has 0 aromatic carbocycles. The Morgan fingerprint density at radius 1 is 1.21 bits per heavy atom. The summed E-state index contributed by atoms with van der Waals surface area (Å²) in [6.07, 6.45) is 1.68. The number of nitrogens with two attached hydrogens (primary N) is 1. The quantitative estimate of drug-likeness (QED) is 0.693. The van der Waals surface area contributed by atoms with Crippen molar-refractivity contribution in [3.8, 4) is 0 Å². The van der Waals surface area contributed by atoms with E-state index in [1.165, 1.54) is 0 Å². The zero-order chi connectivity index (χ0) is 10.8. The molecular weight excluding hydrogens is 176 g/mol. The first-order valence-corrected chi connectivity index (χ1v) is 5.32. The lowest BCUT2D eigenvalue weighted by Gasteiger charge is -2.11. The molecule has 0 aliphatic heterocycles. The summed E-state index contributed by atoms with van der Waals surface area (Å²) in [5.74, 6) is 0.0427. The highest BCUT2D eigenvalue weighted by Crippen LogP contribution is 2.62. The second-order valence-corrected chi connectivity index (χ2v) is 6.01. The third kappa shape index (κ3) is 1.11. The van der Waals surface area contributed by atoms with E-state index in [1.807, 2.05) is 0 Å². The molecule has 0 heterocycles. The van der Waals surface area contributed by atoms with Crippen LogP contribution in [0.25, 0.3) is 0 Å².